The van der Waals surface area contributed by atoms with Gasteiger partial charge in [0.1, 0.15) is 0 Å². The fraction of sp³-hybridized carbons (Fsp3) is 0.846. The van der Waals surface area contributed by atoms with Crippen LogP contribution in [-0.2, 0) is 4.79 Å². The third-order valence-electron chi connectivity index (χ3n) is 3.61. The summed E-state index contributed by atoms with van der Waals surface area (Å²) in [5.41, 5.74) is 0. The zero-order valence-corrected chi connectivity index (χ0v) is 11.5. The number of carboxylic acid groups (broad SMARTS) is 1. The number of aliphatic carboxylic acids is 1. The number of nitrogens with one attached hydrogen (secondary N) is 1. The summed E-state index contributed by atoms with van der Waals surface area (Å²) in [5, 5.41) is 11.7. The predicted octanol–water partition coefficient (Wildman–Crippen LogP) is 1.93. The highest BCUT2D eigenvalue weighted by Crippen LogP contribution is 2.36. The van der Waals surface area contributed by atoms with Crippen LogP contribution in [0.4, 0.5) is 4.79 Å². The molecule has 0 bridgehead atoms. The molecule has 0 aromatic heterocycles. The van der Waals surface area contributed by atoms with Gasteiger partial charge in [0, 0.05) is 19.1 Å². The molecule has 2 N–H and O–H groups in total. The van der Waals surface area contributed by atoms with Crippen LogP contribution < -0.4 is 5.32 Å². The fourth-order valence-corrected chi connectivity index (χ4v) is 2.20. The van der Waals surface area contributed by atoms with Gasteiger partial charge in [-0.3, -0.25) is 4.79 Å². The molecule has 1 aliphatic carbocycles. The van der Waals surface area contributed by atoms with Crippen molar-refractivity contribution in [2.24, 2.45) is 11.8 Å². The van der Waals surface area contributed by atoms with Crippen molar-refractivity contribution in [3.05, 3.63) is 0 Å². The number of urea groups is 1. The van der Waals surface area contributed by atoms with Crippen LogP contribution in [0.2, 0.25) is 0 Å². The van der Waals surface area contributed by atoms with E-state index in [9.17, 15) is 9.59 Å². The number of carboxylic acids is 1. The van der Waals surface area contributed by atoms with Gasteiger partial charge in [-0.25, -0.2) is 4.79 Å². The van der Waals surface area contributed by atoms with Gasteiger partial charge >= 0.3 is 12.0 Å². The molecule has 104 valence electrons. The third-order valence-corrected chi connectivity index (χ3v) is 3.61. The quantitative estimate of drug-likeness (QED) is 0.731. The molecule has 2 atom stereocenters. The van der Waals surface area contributed by atoms with Crippen molar-refractivity contribution in [1.82, 2.24) is 10.2 Å². The predicted molar refractivity (Wildman–Crippen MR) is 69.4 cm³/mol. The lowest BCUT2D eigenvalue weighted by atomic mass is 10.1. The maximum absolute atomic E-state index is 12.0. The lowest BCUT2D eigenvalue weighted by molar-refractivity contribution is -0.138. The van der Waals surface area contributed by atoms with Crippen LogP contribution in [-0.4, -0.2) is 41.1 Å². The van der Waals surface area contributed by atoms with Crippen LogP contribution in [0, 0.1) is 11.8 Å². The van der Waals surface area contributed by atoms with E-state index in [2.05, 4.69) is 12.2 Å². The Morgan fingerprint density at radius 2 is 2.00 bits per heavy atom. The second kappa shape index (κ2) is 6.61. The maximum Gasteiger partial charge on any atom is 0.317 e. The number of amides is 2. The van der Waals surface area contributed by atoms with Crippen LogP contribution in [0.3, 0.4) is 0 Å². The number of carbonyl (C=O) groups excluding carboxylic acids is 1. The molecule has 1 rings (SSSR count). The molecule has 0 saturated heterocycles. The first-order valence-electron chi connectivity index (χ1n) is 6.72. The Bertz CT molecular complexity index is 303. The normalized spacial score (nSPS) is 17.9. The molecule has 2 amide bonds. The van der Waals surface area contributed by atoms with E-state index < -0.39 is 5.97 Å². The van der Waals surface area contributed by atoms with Crippen LogP contribution in [0.15, 0.2) is 0 Å². The van der Waals surface area contributed by atoms with Crippen molar-refractivity contribution in [2.45, 2.75) is 46.1 Å². The van der Waals surface area contributed by atoms with Crippen molar-refractivity contribution in [3.8, 4) is 0 Å². The molecule has 18 heavy (non-hydrogen) atoms. The van der Waals surface area contributed by atoms with E-state index in [1.54, 1.807) is 11.8 Å². The number of hydrogen-bond donors (Lipinski definition) is 2. The summed E-state index contributed by atoms with van der Waals surface area (Å²) < 4.78 is 0. The minimum atomic E-state index is -0.875. The summed E-state index contributed by atoms with van der Waals surface area (Å²) in [6.07, 6.45) is 2.52. The number of carbonyl (C=O) groups is 2. The van der Waals surface area contributed by atoms with E-state index in [1.807, 2.05) is 6.92 Å². The van der Waals surface area contributed by atoms with E-state index >= 15 is 0 Å². The van der Waals surface area contributed by atoms with Crippen LogP contribution >= 0.6 is 0 Å². The van der Waals surface area contributed by atoms with Gasteiger partial charge in [-0.1, -0.05) is 6.92 Å². The molecule has 0 spiro atoms. The van der Waals surface area contributed by atoms with Gasteiger partial charge in [-0.15, -0.1) is 0 Å². The highest BCUT2D eigenvalue weighted by Gasteiger charge is 2.28. The van der Waals surface area contributed by atoms with Crippen molar-refractivity contribution in [3.63, 3.8) is 0 Å². The van der Waals surface area contributed by atoms with Crippen LogP contribution in [0.25, 0.3) is 0 Å². The van der Waals surface area contributed by atoms with Gasteiger partial charge in [0.2, 0.25) is 0 Å². The number of hydrogen-bond acceptors (Lipinski definition) is 2. The second-order valence-electron chi connectivity index (χ2n) is 5.23. The Morgan fingerprint density at radius 1 is 1.39 bits per heavy atom. The monoisotopic (exact) mass is 256 g/mol. The minimum Gasteiger partial charge on any atom is -0.481 e. The van der Waals surface area contributed by atoms with E-state index in [0.717, 1.165) is 5.92 Å². The molecular formula is C13H24N2O3. The van der Waals surface area contributed by atoms with Gasteiger partial charge < -0.3 is 15.3 Å². The molecule has 5 nitrogen and oxygen atoms in total. The smallest absolute Gasteiger partial charge is 0.317 e. The average Bonchev–Trinajstić information content (AvgIpc) is 3.09. The highest BCUT2D eigenvalue weighted by molar-refractivity contribution is 5.75. The average molecular weight is 256 g/mol. The lowest BCUT2D eigenvalue weighted by Gasteiger charge is -2.27. The zero-order chi connectivity index (χ0) is 13.7. The van der Waals surface area contributed by atoms with Crippen LogP contribution in [0.1, 0.15) is 40.0 Å². The van der Waals surface area contributed by atoms with Gasteiger partial charge in [0.05, 0.1) is 6.42 Å². The Morgan fingerprint density at radius 3 is 2.44 bits per heavy atom. The molecule has 2 unspecified atom stereocenters. The summed E-state index contributed by atoms with van der Waals surface area (Å²) in [5.74, 6) is 0.402. The van der Waals surface area contributed by atoms with E-state index in [4.69, 9.17) is 5.11 Å². The minimum absolute atomic E-state index is 0.0144. The molecule has 5 heteroatoms. The van der Waals surface area contributed by atoms with Gasteiger partial charge in [-0.05, 0) is 38.5 Å². The summed E-state index contributed by atoms with van der Waals surface area (Å²) in [7, 11) is 0. The summed E-state index contributed by atoms with van der Waals surface area (Å²) in [6.45, 7) is 6.98. The SMILES string of the molecule is CCN(C(=O)NCC(C)C1CC1)C(C)CC(=O)O. The molecule has 0 aromatic carbocycles. The Kier molecular flexibility index (Phi) is 5.44. The summed E-state index contributed by atoms with van der Waals surface area (Å²) in [6, 6.07) is -0.428. The first-order chi connectivity index (χ1) is 8.45. The molecule has 0 aliphatic heterocycles. The summed E-state index contributed by atoms with van der Waals surface area (Å²) in [4.78, 5) is 24.2. The van der Waals surface area contributed by atoms with E-state index in [-0.39, 0.29) is 18.5 Å². The molecular weight excluding hydrogens is 232 g/mol. The van der Waals surface area contributed by atoms with Crippen molar-refractivity contribution in [1.29, 1.82) is 0 Å². The van der Waals surface area contributed by atoms with Crippen molar-refractivity contribution >= 4 is 12.0 Å². The largest absolute Gasteiger partial charge is 0.481 e. The molecule has 0 heterocycles. The summed E-state index contributed by atoms with van der Waals surface area (Å²) >= 11 is 0. The number of rotatable bonds is 7. The van der Waals surface area contributed by atoms with Crippen LogP contribution in [0.5, 0.6) is 0 Å². The van der Waals surface area contributed by atoms with Gasteiger partial charge in [0.25, 0.3) is 0 Å². The molecule has 1 fully saturated rings. The molecule has 1 saturated carbocycles. The van der Waals surface area contributed by atoms with Crippen molar-refractivity contribution in [2.75, 3.05) is 13.1 Å². The first-order valence-corrected chi connectivity index (χ1v) is 6.72. The van der Waals surface area contributed by atoms with E-state index in [0.29, 0.717) is 19.0 Å². The number of nitrogens with zero attached hydrogens (tertiary/aromatic N) is 1. The van der Waals surface area contributed by atoms with E-state index in [1.165, 1.54) is 12.8 Å². The van der Waals surface area contributed by atoms with Gasteiger partial charge in [-0.2, -0.15) is 0 Å². The molecule has 0 aromatic rings. The Hall–Kier alpha value is -1.26. The molecule has 0 radical (unpaired) electrons. The highest BCUT2D eigenvalue weighted by atomic mass is 16.4. The first kappa shape index (κ1) is 14.8. The van der Waals surface area contributed by atoms with Gasteiger partial charge in [0.15, 0.2) is 0 Å². The topological polar surface area (TPSA) is 69.6 Å². The standard InChI is InChI=1S/C13H24N2O3/c1-4-15(10(3)7-12(16)17)13(18)14-8-9(2)11-5-6-11/h9-11H,4-8H2,1-3H3,(H,14,18)(H,16,17). The zero-order valence-electron chi connectivity index (χ0n) is 11.5. The maximum atomic E-state index is 12.0. The molecule has 1 aliphatic rings. The lowest BCUT2D eigenvalue weighted by Crippen LogP contribution is -2.46. The third kappa shape index (κ3) is 4.55. The fourth-order valence-electron chi connectivity index (χ4n) is 2.20. The Labute approximate surface area is 109 Å². The Balaban J connectivity index is 2.37. The van der Waals surface area contributed by atoms with Crippen molar-refractivity contribution < 1.29 is 14.7 Å². The second-order valence-corrected chi connectivity index (χ2v) is 5.23.